The lowest BCUT2D eigenvalue weighted by molar-refractivity contribution is 0.0529. The van der Waals surface area contributed by atoms with Crippen LogP contribution in [-0.2, 0) is 4.74 Å². The van der Waals surface area contributed by atoms with Crippen LogP contribution in [0.4, 0.5) is 9.39 Å². The Hall–Kier alpha value is -2.99. The van der Waals surface area contributed by atoms with E-state index in [0.29, 0.717) is 16.1 Å². The zero-order valence-electron chi connectivity index (χ0n) is 14.9. The standard InChI is InChI=1S/C21H18FNO3S/c1-3-26-21(25)18-17(14-9-7-13(2)8-10-14)12-27-20(18)23-19(24)15-5-4-6-16(22)11-15/h4-12H,3H2,1-2H3,(H,23,24). The molecule has 6 heteroatoms. The van der Waals surface area contributed by atoms with Crippen LogP contribution in [0.25, 0.3) is 11.1 Å². The van der Waals surface area contributed by atoms with E-state index in [-0.39, 0.29) is 12.2 Å². The Labute approximate surface area is 160 Å². The molecule has 4 nitrogen and oxygen atoms in total. The average Bonchev–Trinajstić information content (AvgIpc) is 3.06. The normalized spacial score (nSPS) is 10.5. The summed E-state index contributed by atoms with van der Waals surface area (Å²) in [6, 6.07) is 13.1. The Morgan fingerprint density at radius 2 is 1.89 bits per heavy atom. The van der Waals surface area contributed by atoms with Crippen LogP contribution < -0.4 is 5.32 Å². The van der Waals surface area contributed by atoms with Crippen molar-refractivity contribution in [3.8, 4) is 11.1 Å². The van der Waals surface area contributed by atoms with Gasteiger partial charge in [0.2, 0.25) is 0 Å². The number of hydrogen-bond acceptors (Lipinski definition) is 4. The van der Waals surface area contributed by atoms with E-state index in [0.717, 1.165) is 17.2 Å². The number of benzene rings is 2. The van der Waals surface area contributed by atoms with Gasteiger partial charge in [-0.05, 0) is 37.6 Å². The van der Waals surface area contributed by atoms with E-state index in [1.165, 1.54) is 29.5 Å². The summed E-state index contributed by atoms with van der Waals surface area (Å²) in [6.07, 6.45) is 0. The van der Waals surface area contributed by atoms with Gasteiger partial charge in [0.05, 0.1) is 6.61 Å². The maximum absolute atomic E-state index is 13.4. The van der Waals surface area contributed by atoms with Crippen molar-refractivity contribution >= 4 is 28.2 Å². The summed E-state index contributed by atoms with van der Waals surface area (Å²) in [6.45, 7) is 3.93. The van der Waals surface area contributed by atoms with Crippen LogP contribution in [0.3, 0.4) is 0 Å². The number of rotatable bonds is 5. The molecule has 0 bridgehead atoms. The predicted molar refractivity (Wildman–Crippen MR) is 105 cm³/mol. The number of hydrogen-bond donors (Lipinski definition) is 1. The molecule has 0 unspecified atom stereocenters. The van der Waals surface area contributed by atoms with Gasteiger partial charge in [0.25, 0.3) is 5.91 Å². The van der Waals surface area contributed by atoms with Crippen molar-refractivity contribution in [2.24, 2.45) is 0 Å². The fourth-order valence-electron chi connectivity index (χ4n) is 2.61. The van der Waals surface area contributed by atoms with Gasteiger partial charge in [0.1, 0.15) is 16.4 Å². The second-order valence-electron chi connectivity index (χ2n) is 5.90. The fraction of sp³-hybridized carbons (Fsp3) is 0.143. The number of carbonyl (C=O) groups is 2. The van der Waals surface area contributed by atoms with Crippen LogP contribution in [-0.4, -0.2) is 18.5 Å². The Balaban J connectivity index is 1.98. The third-order valence-corrected chi connectivity index (χ3v) is 4.84. The van der Waals surface area contributed by atoms with Gasteiger partial charge < -0.3 is 10.1 Å². The van der Waals surface area contributed by atoms with E-state index >= 15 is 0 Å². The van der Waals surface area contributed by atoms with Crippen LogP contribution in [0.1, 0.15) is 33.2 Å². The number of halogens is 1. The van der Waals surface area contributed by atoms with E-state index in [1.54, 1.807) is 12.3 Å². The minimum Gasteiger partial charge on any atom is -0.462 e. The lowest BCUT2D eigenvalue weighted by Crippen LogP contribution is -2.15. The third kappa shape index (κ3) is 4.23. The highest BCUT2D eigenvalue weighted by Crippen LogP contribution is 2.36. The number of aryl methyl sites for hydroxylation is 1. The molecule has 0 aliphatic heterocycles. The molecule has 0 aliphatic carbocycles. The van der Waals surface area contributed by atoms with Gasteiger partial charge in [0, 0.05) is 16.5 Å². The smallest absolute Gasteiger partial charge is 0.341 e. The first-order valence-electron chi connectivity index (χ1n) is 8.42. The number of amides is 1. The highest BCUT2D eigenvalue weighted by atomic mass is 32.1. The third-order valence-electron chi connectivity index (χ3n) is 3.95. The van der Waals surface area contributed by atoms with Crippen LogP contribution in [0.15, 0.2) is 53.9 Å². The molecule has 1 N–H and O–H groups in total. The van der Waals surface area contributed by atoms with Crippen molar-refractivity contribution in [3.05, 3.63) is 76.4 Å². The van der Waals surface area contributed by atoms with Crippen molar-refractivity contribution < 1.29 is 18.7 Å². The summed E-state index contributed by atoms with van der Waals surface area (Å²) in [5, 5.41) is 4.88. The molecule has 0 fully saturated rings. The van der Waals surface area contributed by atoms with E-state index < -0.39 is 17.7 Å². The molecule has 1 heterocycles. The largest absolute Gasteiger partial charge is 0.462 e. The average molecular weight is 383 g/mol. The Morgan fingerprint density at radius 3 is 2.56 bits per heavy atom. The van der Waals surface area contributed by atoms with Gasteiger partial charge in [0.15, 0.2) is 0 Å². The quantitative estimate of drug-likeness (QED) is 0.609. The molecule has 0 saturated carbocycles. The van der Waals surface area contributed by atoms with Crippen molar-refractivity contribution in [3.63, 3.8) is 0 Å². The molecule has 0 atom stereocenters. The first-order valence-corrected chi connectivity index (χ1v) is 9.30. The minimum absolute atomic E-state index is 0.176. The molecule has 1 amide bonds. The molecular formula is C21H18FNO3S. The summed E-state index contributed by atoms with van der Waals surface area (Å²) >= 11 is 1.23. The molecule has 2 aromatic carbocycles. The monoisotopic (exact) mass is 383 g/mol. The van der Waals surface area contributed by atoms with Crippen LogP contribution >= 0.6 is 11.3 Å². The zero-order chi connectivity index (χ0) is 19.4. The molecule has 0 radical (unpaired) electrons. The van der Waals surface area contributed by atoms with Gasteiger partial charge in [-0.2, -0.15) is 0 Å². The SMILES string of the molecule is CCOC(=O)c1c(-c2ccc(C)cc2)csc1NC(=O)c1cccc(F)c1. The molecule has 27 heavy (non-hydrogen) atoms. The van der Waals surface area contributed by atoms with Crippen molar-refractivity contribution in [2.45, 2.75) is 13.8 Å². The van der Waals surface area contributed by atoms with Crippen molar-refractivity contribution in [1.29, 1.82) is 0 Å². The number of anilines is 1. The highest BCUT2D eigenvalue weighted by molar-refractivity contribution is 7.15. The van der Waals surface area contributed by atoms with E-state index in [1.807, 2.05) is 31.2 Å². The molecule has 138 valence electrons. The second-order valence-corrected chi connectivity index (χ2v) is 6.78. The van der Waals surface area contributed by atoms with Crippen molar-refractivity contribution in [2.75, 3.05) is 11.9 Å². The lowest BCUT2D eigenvalue weighted by atomic mass is 10.0. The molecule has 3 aromatic rings. The molecule has 3 rings (SSSR count). The summed E-state index contributed by atoms with van der Waals surface area (Å²) in [7, 11) is 0. The Morgan fingerprint density at radius 1 is 1.15 bits per heavy atom. The van der Waals surface area contributed by atoms with Gasteiger partial charge in [-0.1, -0.05) is 35.9 Å². The maximum atomic E-state index is 13.4. The molecule has 1 aromatic heterocycles. The van der Waals surface area contributed by atoms with Crippen LogP contribution in [0, 0.1) is 12.7 Å². The molecular weight excluding hydrogens is 365 g/mol. The number of nitrogens with one attached hydrogen (secondary N) is 1. The van der Waals surface area contributed by atoms with Gasteiger partial charge in [-0.15, -0.1) is 11.3 Å². The number of thiophene rings is 1. The predicted octanol–water partition coefficient (Wildman–Crippen LogP) is 5.29. The van der Waals surface area contributed by atoms with Crippen LogP contribution in [0.5, 0.6) is 0 Å². The topological polar surface area (TPSA) is 55.4 Å². The number of ether oxygens (including phenoxy) is 1. The minimum atomic E-state index is -0.510. The van der Waals surface area contributed by atoms with Gasteiger partial charge in [-0.25, -0.2) is 9.18 Å². The maximum Gasteiger partial charge on any atom is 0.341 e. The lowest BCUT2D eigenvalue weighted by Gasteiger charge is -2.09. The van der Waals surface area contributed by atoms with E-state index in [4.69, 9.17) is 4.74 Å². The molecule has 0 aliphatic rings. The first kappa shape index (κ1) is 18.8. The summed E-state index contributed by atoms with van der Waals surface area (Å²) in [4.78, 5) is 25.0. The summed E-state index contributed by atoms with van der Waals surface area (Å²) < 4.78 is 18.6. The van der Waals surface area contributed by atoms with Crippen LogP contribution in [0.2, 0.25) is 0 Å². The Bertz CT molecular complexity index is 979. The molecule has 0 saturated heterocycles. The molecule has 0 spiro atoms. The van der Waals surface area contributed by atoms with Gasteiger partial charge >= 0.3 is 5.97 Å². The second kappa shape index (κ2) is 8.14. The number of esters is 1. The summed E-state index contributed by atoms with van der Waals surface area (Å²) in [5.74, 6) is -1.50. The fourth-order valence-corrected chi connectivity index (χ4v) is 3.56. The number of carbonyl (C=O) groups excluding carboxylic acids is 2. The Kier molecular flexibility index (Phi) is 5.66. The zero-order valence-corrected chi connectivity index (χ0v) is 15.7. The summed E-state index contributed by atoms with van der Waals surface area (Å²) in [5.41, 5.74) is 3.12. The van der Waals surface area contributed by atoms with E-state index in [2.05, 4.69) is 5.32 Å². The van der Waals surface area contributed by atoms with Crippen molar-refractivity contribution in [1.82, 2.24) is 0 Å². The first-order chi connectivity index (χ1) is 13.0. The van der Waals surface area contributed by atoms with E-state index in [9.17, 15) is 14.0 Å². The highest BCUT2D eigenvalue weighted by Gasteiger charge is 2.23. The van der Waals surface area contributed by atoms with Gasteiger partial charge in [-0.3, -0.25) is 4.79 Å².